The SMILES string of the molecule is Cc1nc2c(s1)CCC[C@H]2CN(C)C(=O)[C@@H](C)n1cncn1. The molecule has 0 aromatic carbocycles. The maximum absolute atomic E-state index is 12.6. The Kier molecular flexibility index (Phi) is 4.24. The van der Waals surface area contributed by atoms with E-state index in [9.17, 15) is 4.79 Å². The van der Waals surface area contributed by atoms with Gasteiger partial charge in [-0.3, -0.25) is 4.79 Å². The quantitative estimate of drug-likeness (QED) is 0.866. The molecule has 6 nitrogen and oxygen atoms in total. The number of carbonyl (C=O) groups is 1. The molecule has 0 spiro atoms. The number of fused-ring (bicyclic) bond motifs is 1. The van der Waals surface area contributed by atoms with Gasteiger partial charge in [0.05, 0.1) is 10.7 Å². The molecule has 22 heavy (non-hydrogen) atoms. The predicted octanol–water partition coefficient (Wildman–Crippen LogP) is 2.18. The number of aromatic nitrogens is 4. The molecule has 2 aromatic rings. The summed E-state index contributed by atoms with van der Waals surface area (Å²) in [4.78, 5) is 24.4. The molecule has 3 rings (SSSR count). The molecule has 7 heteroatoms. The molecule has 0 fully saturated rings. The standard InChI is InChI=1S/C15H21N5OS/c1-10(20-9-16-8-17-20)15(21)19(3)7-12-5-4-6-13-14(12)18-11(2)22-13/h8-10,12H,4-7H2,1-3H3/t10-,12+/m1/s1. The Morgan fingerprint density at radius 3 is 3.14 bits per heavy atom. The van der Waals surface area contributed by atoms with Crippen molar-refractivity contribution in [3.05, 3.63) is 28.2 Å². The molecule has 2 aromatic heterocycles. The zero-order valence-electron chi connectivity index (χ0n) is 13.2. The predicted molar refractivity (Wildman–Crippen MR) is 84.9 cm³/mol. The van der Waals surface area contributed by atoms with E-state index in [0.29, 0.717) is 12.5 Å². The Hall–Kier alpha value is -1.76. The number of amides is 1. The zero-order chi connectivity index (χ0) is 15.7. The lowest BCUT2D eigenvalue weighted by Crippen LogP contribution is -2.36. The van der Waals surface area contributed by atoms with Gasteiger partial charge in [-0.15, -0.1) is 11.3 Å². The maximum Gasteiger partial charge on any atom is 0.246 e. The van der Waals surface area contributed by atoms with Crippen molar-refractivity contribution in [2.75, 3.05) is 13.6 Å². The van der Waals surface area contributed by atoms with Crippen molar-refractivity contribution < 1.29 is 4.79 Å². The third-order valence-corrected chi connectivity index (χ3v) is 5.29. The molecule has 2 atom stereocenters. The van der Waals surface area contributed by atoms with E-state index in [4.69, 9.17) is 4.98 Å². The summed E-state index contributed by atoms with van der Waals surface area (Å²) >= 11 is 1.80. The van der Waals surface area contributed by atoms with Crippen LogP contribution in [-0.4, -0.2) is 44.1 Å². The number of aryl methyl sites for hydroxylation is 2. The maximum atomic E-state index is 12.6. The number of rotatable bonds is 4. The minimum Gasteiger partial charge on any atom is -0.343 e. The van der Waals surface area contributed by atoms with Gasteiger partial charge in [-0.25, -0.2) is 14.6 Å². The summed E-state index contributed by atoms with van der Waals surface area (Å²) < 4.78 is 1.60. The van der Waals surface area contributed by atoms with Gasteiger partial charge in [0.25, 0.3) is 0 Å². The van der Waals surface area contributed by atoms with Crippen LogP contribution in [0.3, 0.4) is 0 Å². The molecule has 1 aliphatic carbocycles. The van der Waals surface area contributed by atoms with Crippen LogP contribution in [0.4, 0.5) is 0 Å². The van der Waals surface area contributed by atoms with Gasteiger partial charge < -0.3 is 4.90 Å². The first-order chi connectivity index (χ1) is 10.6. The molecule has 1 amide bonds. The zero-order valence-corrected chi connectivity index (χ0v) is 14.0. The molecule has 1 aliphatic rings. The molecular formula is C15H21N5OS. The highest BCUT2D eigenvalue weighted by Gasteiger charge is 2.28. The molecule has 2 heterocycles. The van der Waals surface area contributed by atoms with Gasteiger partial charge in [-0.1, -0.05) is 0 Å². The normalized spacial score (nSPS) is 18.8. The van der Waals surface area contributed by atoms with Gasteiger partial charge in [-0.2, -0.15) is 5.10 Å². The summed E-state index contributed by atoms with van der Waals surface area (Å²) in [6, 6.07) is -0.326. The van der Waals surface area contributed by atoms with Crippen LogP contribution in [0.5, 0.6) is 0 Å². The Morgan fingerprint density at radius 2 is 2.41 bits per heavy atom. The van der Waals surface area contributed by atoms with Gasteiger partial charge in [-0.05, 0) is 33.1 Å². The van der Waals surface area contributed by atoms with E-state index >= 15 is 0 Å². The lowest BCUT2D eigenvalue weighted by Gasteiger charge is -2.28. The molecule has 0 unspecified atom stereocenters. The second-order valence-corrected chi connectivity index (χ2v) is 7.19. The van der Waals surface area contributed by atoms with Crippen molar-refractivity contribution in [2.45, 2.75) is 45.1 Å². The minimum absolute atomic E-state index is 0.0598. The van der Waals surface area contributed by atoms with Crippen molar-refractivity contribution in [1.29, 1.82) is 0 Å². The summed E-state index contributed by atoms with van der Waals surface area (Å²) in [6.07, 6.45) is 6.45. The number of likely N-dealkylation sites (N-methyl/N-ethyl adjacent to an activating group) is 1. The summed E-state index contributed by atoms with van der Waals surface area (Å²) in [6.45, 7) is 4.63. The van der Waals surface area contributed by atoms with E-state index in [1.54, 1.807) is 27.2 Å². The molecule has 0 N–H and O–H groups in total. The second kappa shape index (κ2) is 6.16. The summed E-state index contributed by atoms with van der Waals surface area (Å²) in [5.41, 5.74) is 1.21. The third-order valence-electron chi connectivity index (χ3n) is 4.24. The van der Waals surface area contributed by atoms with Crippen LogP contribution in [0.15, 0.2) is 12.7 Å². The molecule has 0 bridgehead atoms. The third kappa shape index (κ3) is 2.90. The molecule has 0 aliphatic heterocycles. The monoisotopic (exact) mass is 319 g/mol. The highest BCUT2D eigenvalue weighted by Crippen LogP contribution is 2.35. The van der Waals surface area contributed by atoms with Crippen molar-refractivity contribution in [3.8, 4) is 0 Å². The highest BCUT2D eigenvalue weighted by atomic mass is 32.1. The number of thiazole rings is 1. The smallest absolute Gasteiger partial charge is 0.246 e. The van der Waals surface area contributed by atoms with Crippen LogP contribution in [0.1, 0.15) is 47.3 Å². The molecule has 0 saturated carbocycles. The fraction of sp³-hybridized carbons (Fsp3) is 0.600. The Bertz CT molecular complexity index is 651. The first kappa shape index (κ1) is 15.1. The van der Waals surface area contributed by atoms with Crippen LogP contribution >= 0.6 is 11.3 Å². The van der Waals surface area contributed by atoms with Gasteiger partial charge in [0.2, 0.25) is 5.91 Å². The first-order valence-electron chi connectivity index (χ1n) is 7.61. The Morgan fingerprint density at radius 1 is 1.59 bits per heavy atom. The Labute approximate surface area is 134 Å². The fourth-order valence-corrected chi connectivity index (χ4v) is 4.14. The van der Waals surface area contributed by atoms with Crippen molar-refractivity contribution in [1.82, 2.24) is 24.6 Å². The number of hydrogen-bond acceptors (Lipinski definition) is 5. The number of hydrogen-bond donors (Lipinski definition) is 0. The van der Waals surface area contributed by atoms with Crippen LogP contribution in [-0.2, 0) is 11.2 Å². The average Bonchev–Trinajstić information content (AvgIpc) is 3.14. The van der Waals surface area contributed by atoms with E-state index in [0.717, 1.165) is 17.8 Å². The minimum atomic E-state index is -0.326. The second-order valence-electron chi connectivity index (χ2n) is 5.90. The van der Waals surface area contributed by atoms with E-state index in [1.807, 2.05) is 14.0 Å². The fourth-order valence-electron chi connectivity index (χ4n) is 3.08. The van der Waals surface area contributed by atoms with Crippen molar-refractivity contribution in [2.24, 2.45) is 0 Å². The summed E-state index contributed by atoms with van der Waals surface area (Å²) in [5, 5.41) is 5.18. The average molecular weight is 319 g/mol. The molecule has 0 radical (unpaired) electrons. The largest absolute Gasteiger partial charge is 0.343 e. The van der Waals surface area contributed by atoms with E-state index in [2.05, 4.69) is 17.0 Å². The van der Waals surface area contributed by atoms with Crippen molar-refractivity contribution >= 4 is 17.2 Å². The van der Waals surface area contributed by atoms with Crippen LogP contribution in [0.2, 0.25) is 0 Å². The first-order valence-corrected chi connectivity index (χ1v) is 8.43. The lowest BCUT2D eigenvalue weighted by molar-refractivity contribution is -0.133. The summed E-state index contributed by atoms with van der Waals surface area (Å²) in [5.74, 6) is 0.412. The van der Waals surface area contributed by atoms with Gasteiger partial charge in [0, 0.05) is 24.4 Å². The highest BCUT2D eigenvalue weighted by molar-refractivity contribution is 7.11. The number of nitrogens with zero attached hydrogens (tertiary/aromatic N) is 5. The van der Waals surface area contributed by atoms with Crippen LogP contribution in [0.25, 0.3) is 0 Å². The van der Waals surface area contributed by atoms with Gasteiger partial charge in [0.15, 0.2) is 0 Å². The van der Waals surface area contributed by atoms with E-state index in [1.165, 1.54) is 23.3 Å². The van der Waals surface area contributed by atoms with Gasteiger partial charge >= 0.3 is 0 Å². The van der Waals surface area contributed by atoms with Crippen LogP contribution < -0.4 is 0 Å². The Balaban J connectivity index is 1.69. The lowest BCUT2D eigenvalue weighted by atomic mass is 9.90. The van der Waals surface area contributed by atoms with E-state index in [-0.39, 0.29) is 11.9 Å². The summed E-state index contributed by atoms with van der Waals surface area (Å²) in [7, 11) is 1.86. The van der Waals surface area contributed by atoms with Gasteiger partial charge in [0.1, 0.15) is 18.7 Å². The van der Waals surface area contributed by atoms with Crippen LogP contribution in [0, 0.1) is 6.92 Å². The molecule has 118 valence electrons. The van der Waals surface area contributed by atoms with Crippen molar-refractivity contribution in [3.63, 3.8) is 0 Å². The topological polar surface area (TPSA) is 63.9 Å². The molecular weight excluding hydrogens is 298 g/mol. The number of carbonyl (C=O) groups excluding carboxylic acids is 1. The van der Waals surface area contributed by atoms with E-state index < -0.39 is 0 Å². The molecule has 0 saturated heterocycles.